The van der Waals surface area contributed by atoms with E-state index in [1.807, 2.05) is 4.57 Å². The number of benzene rings is 1. The van der Waals surface area contributed by atoms with Gasteiger partial charge in [-0.3, -0.25) is 0 Å². The summed E-state index contributed by atoms with van der Waals surface area (Å²) in [6, 6.07) is 6.59. The number of fused-ring (bicyclic) bond motifs is 1. The topological polar surface area (TPSA) is 32.0 Å². The zero-order chi connectivity index (χ0) is 21.1. The number of allylic oxidation sites excluding steroid dienone is 2. The van der Waals surface area contributed by atoms with Crippen molar-refractivity contribution >= 4 is 16.6 Å². The van der Waals surface area contributed by atoms with Crippen molar-refractivity contribution in [3.63, 3.8) is 0 Å². The zero-order valence-electron chi connectivity index (χ0n) is 16.3. The van der Waals surface area contributed by atoms with E-state index in [2.05, 4.69) is 6.07 Å². The van der Waals surface area contributed by atoms with Gasteiger partial charge < -0.3 is 9.47 Å². The normalized spacial score (nSPS) is 21.2. The molecule has 2 fully saturated rings. The Kier molecular flexibility index (Phi) is 4.25. The Morgan fingerprint density at radius 3 is 2.50 bits per heavy atom. The Balaban J connectivity index is 1.77. The molecule has 0 atom stereocenters. The summed E-state index contributed by atoms with van der Waals surface area (Å²) in [7, 11) is 0. The monoisotopic (exact) mass is 415 g/mol. The van der Waals surface area contributed by atoms with Gasteiger partial charge in [0.15, 0.2) is 0 Å². The number of rotatable bonds is 3. The molecule has 0 radical (unpaired) electrons. The van der Waals surface area contributed by atoms with Crippen molar-refractivity contribution in [3.8, 4) is 6.07 Å². The van der Waals surface area contributed by atoms with E-state index in [4.69, 9.17) is 0 Å². The van der Waals surface area contributed by atoms with Gasteiger partial charge in [-0.15, -0.1) is 0 Å². The average Bonchev–Trinajstić information content (AvgIpc) is 3.25. The van der Waals surface area contributed by atoms with Crippen LogP contribution in [0.25, 0.3) is 16.6 Å². The standard InChI is InChI=1S/C23H21F4N3/c24-15-8-9-19-17(13-15)18(14-28)21(30(19)16-5-1-2-6-16)20-7-3-4-12-29(20)22(10-11-22)23(25,26)27/h3-4,7-9,13,16H,1-2,5-6,10-12H2. The van der Waals surface area contributed by atoms with Gasteiger partial charge in [0, 0.05) is 18.0 Å². The first kappa shape index (κ1) is 19.2. The molecule has 0 saturated heterocycles. The molecule has 2 saturated carbocycles. The van der Waals surface area contributed by atoms with Crippen molar-refractivity contribution in [1.29, 1.82) is 5.26 Å². The summed E-state index contributed by atoms with van der Waals surface area (Å²) in [4.78, 5) is 1.41. The minimum atomic E-state index is -4.36. The third kappa shape index (κ3) is 2.69. The lowest BCUT2D eigenvalue weighted by Gasteiger charge is -2.38. The van der Waals surface area contributed by atoms with Crippen LogP contribution in [-0.4, -0.2) is 27.7 Å². The Morgan fingerprint density at radius 2 is 1.87 bits per heavy atom. The Hall–Kier alpha value is -2.75. The van der Waals surface area contributed by atoms with Gasteiger partial charge in [0.2, 0.25) is 0 Å². The van der Waals surface area contributed by atoms with Gasteiger partial charge in [-0.2, -0.15) is 18.4 Å². The number of aromatic nitrogens is 1. The van der Waals surface area contributed by atoms with E-state index in [-0.39, 0.29) is 31.0 Å². The molecular formula is C23H21F4N3. The van der Waals surface area contributed by atoms with Crippen LogP contribution in [0.5, 0.6) is 0 Å². The average molecular weight is 415 g/mol. The smallest absolute Gasteiger partial charge is 0.352 e. The summed E-state index contributed by atoms with van der Waals surface area (Å²) in [5, 5.41) is 10.5. The first-order chi connectivity index (χ1) is 14.4. The lowest BCUT2D eigenvalue weighted by atomic mass is 10.0. The van der Waals surface area contributed by atoms with Crippen LogP contribution in [-0.2, 0) is 0 Å². The fourth-order valence-corrected chi connectivity index (χ4v) is 5.14. The molecule has 2 aromatic rings. The molecule has 30 heavy (non-hydrogen) atoms. The van der Waals surface area contributed by atoms with Crippen LogP contribution in [0.15, 0.2) is 36.4 Å². The van der Waals surface area contributed by atoms with Crippen LogP contribution >= 0.6 is 0 Å². The quantitative estimate of drug-likeness (QED) is 0.570. The van der Waals surface area contributed by atoms with Crippen LogP contribution in [0.1, 0.15) is 55.8 Å². The SMILES string of the molecule is N#Cc1c(C2=CC=CCN2C2(C(F)(F)F)CC2)n(C2CCCC2)c2ccc(F)cc12. The fraction of sp³-hybridized carbons (Fsp3) is 0.435. The molecule has 1 aromatic carbocycles. The number of nitrogens with zero attached hydrogens (tertiary/aromatic N) is 3. The van der Waals surface area contributed by atoms with Crippen molar-refractivity contribution in [1.82, 2.24) is 9.47 Å². The van der Waals surface area contributed by atoms with E-state index < -0.39 is 17.5 Å². The second-order valence-corrected chi connectivity index (χ2v) is 8.43. The predicted octanol–water partition coefficient (Wildman–Crippen LogP) is 6.07. The summed E-state index contributed by atoms with van der Waals surface area (Å²) in [5.74, 6) is -0.461. The van der Waals surface area contributed by atoms with Crippen LogP contribution in [0.2, 0.25) is 0 Å². The highest BCUT2D eigenvalue weighted by atomic mass is 19.4. The number of alkyl halides is 3. The first-order valence-corrected chi connectivity index (χ1v) is 10.3. The molecule has 0 bridgehead atoms. The van der Waals surface area contributed by atoms with E-state index in [1.165, 1.54) is 17.0 Å². The lowest BCUT2D eigenvalue weighted by Crippen LogP contribution is -2.48. The molecule has 1 aliphatic heterocycles. The molecule has 2 heterocycles. The van der Waals surface area contributed by atoms with Gasteiger partial charge in [-0.25, -0.2) is 4.39 Å². The second-order valence-electron chi connectivity index (χ2n) is 8.43. The molecule has 5 rings (SSSR count). The van der Waals surface area contributed by atoms with Gasteiger partial charge in [-0.1, -0.05) is 25.0 Å². The summed E-state index contributed by atoms with van der Waals surface area (Å²) in [6.07, 6.45) is 4.71. The third-order valence-corrected chi connectivity index (χ3v) is 6.75. The van der Waals surface area contributed by atoms with E-state index >= 15 is 0 Å². The second kappa shape index (κ2) is 6.63. The van der Waals surface area contributed by atoms with Crippen LogP contribution in [0.4, 0.5) is 17.6 Å². The van der Waals surface area contributed by atoms with Crippen molar-refractivity contribution in [2.45, 2.75) is 56.3 Å². The zero-order valence-corrected chi connectivity index (χ0v) is 16.3. The largest absolute Gasteiger partial charge is 0.411 e. The molecule has 3 aliphatic rings. The maximum Gasteiger partial charge on any atom is 0.411 e. The summed E-state index contributed by atoms with van der Waals surface area (Å²) in [6.45, 7) is 0.136. The van der Waals surface area contributed by atoms with Crippen LogP contribution < -0.4 is 0 Å². The highest BCUT2D eigenvalue weighted by Gasteiger charge is 2.67. The lowest BCUT2D eigenvalue weighted by molar-refractivity contribution is -0.186. The van der Waals surface area contributed by atoms with Gasteiger partial charge in [0.1, 0.15) is 17.4 Å². The summed E-state index contributed by atoms with van der Waals surface area (Å²) in [5.41, 5.74) is -0.0290. The van der Waals surface area contributed by atoms with Gasteiger partial charge in [0.25, 0.3) is 0 Å². The molecule has 1 aromatic heterocycles. The van der Waals surface area contributed by atoms with Gasteiger partial charge in [-0.05, 0) is 50.0 Å². The molecule has 156 valence electrons. The van der Waals surface area contributed by atoms with Crippen LogP contribution in [0.3, 0.4) is 0 Å². The number of hydrogen-bond acceptors (Lipinski definition) is 2. The molecule has 7 heteroatoms. The Labute approximate surface area is 171 Å². The maximum atomic E-state index is 14.0. The highest BCUT2D eigenvalue weighted by Crippen LogP contribution is 2.57. The number of nitriles is 1. The molecule has 0 unspecified atom stereocenters. The minimum Gasteiger partial charge on any atom is -0.352 e. The molecular weight excluding hydrogens is 394 g/mol. The number of halogens is 4. The van der Waals surface area contributed by atoms with Crippen LogP contribution in [0, 0.1) is 17.1 Å². The van der Waals surface area contributed by atoms with Crippen molar-refractivity contribution < 1.29 is 17.6 Å². The Bertz CT molecular complexity index is 1110. The molecule has 0 N–H and O–H groups in total. The predicted molar refractivity (Wildman–Crippen MR) is 106 cm³/mol. The van der Waals surface area contributed by atoms with E-state index in [9.17, 15) is 22.8 Å². The van der Waals surface area contributed by atoms with Crippen molar-refractivity contribution in [2.24, 2.45) is 0 Å². The molecule has 0 spiro atoms. The van der Waals surface area contributed by atoms with Gasteiger partial charge in [0.05, 0.1) is 22.5 Å². The number of hydrogen-bond donors (Lipinski definition) is 0. The first-order valence-electron chi connectivity index (χ1n) is 10.3. The summed E-state index contributed by atoms with van der Waals surface area (Å²) >= 11 is 0. The van der Waals surface area contributed by atoms with E-state index in [0.717, 1.165) is 25.7 Å². The maximum absolute atomic E-state index is 14.0. The summed E-state index contributed by atoms with van der Waals surface area (Å²) < 4.78 is 58.0. The highest BCUT2D eigenvalue weighted by molar-refractivity contribution is 5.93. The van der Waals surface area contributed by atoms with Crippen molar-refractivity contribution in [3.05, 3.63) is 53.5 Å². The van der Waals surface area contributed by atoms with Gasteiger partial charge >= 0.3 is 6.18 Å². The van der Waals surface area contributed by atoms with E-state index in [0.29, 0.717) is 22.3 Å². The Morgan fingerprint density at radius 1 is 1.13 bits per heavy atom. The minimum absolute atomic E-state index is 0.0435. The van der Waals surface area contributed by atoms with E-state index in [1.54, 1.807) is 24.3 Å². The molecule has 2 aliphatic carbocycles. The molecule has 0 amide bonds. The third-order valence-electron chi connectivity index (χ3n) is 6.75. The fourth-order valence-electron chi connectivity index (χ4n) is 5.14. The van der Waals surface area contributed by atoms with Crippen molar-refractivity contribution in [2.75, 3.05) is 6.54 Å². The molecule has 3 nitrogen and oxygen atoms in total.